The second kappa shape index (κ2) is 10.5. The van der Waals surface area contributed by atoms with E-state index in [0.717, 1.165) is 30.9 Å². The highest BCUT2D eigenvalue weighted by molar-refractivity contribution is 7.92. The van der Waals surface area contributed by atoms with Gasteiger partial charge >= 0.3 is 0 Å². The molecule has 0 radical (unpaired) electrons. The average molecular weight is 515 g/mol. The summed E-state index contributed by atoms with van der Waals surface area (Å²) in [5.41, 5.74) is 5.09. The van der Waals surface area contributed by atoms with Gasteiger partial charge in [0.05, 0.1) is 41.7 Å². The Labute approximate surface area is 208 Å². The van der Waals surface area contributed by atoms with Gasteiger partial charge in [0.25, 0.3) is 5.91 Å². The summed E-state index contributed by atoms with van der Waals surface area (Å²) in [6.45, 7) is 3.61. The molecule has 2 heterocycles. The fraction of sp³-hybridized carbons (Fsp3) is 0.292. The average Bonchev–Trinajstić information content (AvgIpc) is 3.66. The SMILES string of the molecule is CCONC(=O)c1cnc(Nc2cc(C)c(F)cn2)cc1Nc1ccc(C2CC2)cc1NS(C)(=O)=O. The second-order valence-electron chi connectivity index (χ2n) is 8.50. The summed E-state index contributed by atoms with van der Waals surface area (Å²) in [5.74, 6) is 0.138. The van der Waals surface area contributed by atoms with Gasteiger partial charge in [-0.25, -0.2) is 28.3 Å². The molecule has 0 saturated heterocycles. The number of amides is 1. The first-order valence-electron chi connectivity index (χ1n) is 11.3. The van der Waals surface area contributed by atoms with Gasteiger partial charge in [0.1, 0.15) is 17.5 Å². The van der Waals surface area contributed by atoms with Crippen molar-refractivity contribution < 1.29 is 22.4 Å². The molecule has 4 N–H and O–H groups in total. The number of carbonyl (C=O) groups excluding carboxylic acids is 1. The maximum Gasteiger partial charge on any atom is 0.278 e. The molecule has 1 aliphatic rings. The zero-order chi connectivity index (χ0) is 25.9. The first-order valence-corrected chi connectivity index (χ1v) is 13.2. The first kappa shape index (κ1) is 25.3. The number of hydrogen-bond donors (Lipinski definition) is 4. The Morgan fingerprint density at radius 2 is 1.78 bits per heavy atom. The Bertz CT molecular complexity index is 1400. The standard InChI is InChI=1S/C24H27FN6O4S/c1-4-35-30-24(32)17-12-26-23(29-22-9-14(2)18(25)13-27-22)11-20(17)28-19-8-7-16(15-5-6-15)10-21(19)31-36(3,33)34/h7-13,15,31H,4-6H2,1-3H3,(H,30,32)(H2,26,27,28,29). The summed E-state index contributed by atoms with van der Waals surface area (Å²) >= 11 is 0. The molecule has 4 rings (SSSR count). The van der Waals surface area contributed by atoms with E-state index in [2.05, 4.69) is 30.8 Å². The van der Waals surface area contributed by atoms with Crippen molar-refractivity contribution >= 4 is 44.6 Å². The number of pyridine rings is 2. The molecule has 36 heavy (non-hydrogen) atoms. The van der Waals surface area contributed by atoms with Crippen LogP contribution in [0.25, 0.3) is 0 Å². The van der Waals surface area contributed by atoms with E-state index in [9.17, 15) is 17.6 Å². The molecule has 1 fully saturated rings. The van der Waals surface area contributed by atoms with Gasteiger partial charge in [-0.3, -0.25) is 14.4 Å². The highest BCUT2D eigenvalue weighted by atomic mass is 32.2. The quantitative estimate of drug-likeness (QED) is 0.294. The fourth-order valence-electron chi connectivity index (χ4n) is 3.51. The molecule has 0 unspecified atom stereocenters. The molecular formula is C24H27FN6O4S. The van der Waals surface area contributed by atoms with Crippen LogP contribution < -0.4 is 20.8 Å². The fourth-order valence-corrected chi connectivity index (χ4v) is 4.08. The third-order valence-corrected chi connectivity index (χ3v) is 6.01. The summed E-state index contributed by atoms with van der Waals surface area (Å²) in [5, 5.41) is 6.14. The maximum absolute atomic E-state index is 13.6. The van der Waals surface area contributed by atoms with Gasteiger partial charge in [-0.2, -0.15) is 0 Å². The molecule has 0 aliphatic heterocycles. The summed E-state index contributed by atoms with van der Waals surface area (Å²) in [4.78, 5) is 26.0. The largest absolute Gasteiger partial charge is 0.353 e. The predicted molar refractivity (Wildman–Crippen MR) is 136 cm³/mol. The first-order chi connectivity index (χ1) is 17.1. The maximum atomic E-state index is 13.6. The Kier molecular flexibility index (Phi) is 7.36. The Morgan fingerprint density at radius 3 is 2.44 bits per heavy atom. The Balaban J connectivity index is 1.71. The summed E-state index contributed by atoms with van der Waals surface area (Å²) in [6.07, 6.45) is 5.64. The monoisotopic (exact) mass is 514 g/mol. The van der Waals surface area contributed by atoms with E-state index in [4.69, 9.17) is 4.84 Å². The van der Waals surface area contributed by atoms with E-state index >= 15 is 0 Å². The van der Waals surface area contributed by atoms with Crippen molar-refractivity contribution in [3.8, 4) is 0 Å². The molecule has 0 atom stereocenters. The van der Waals surface area contributed by atoms with Gasteiger partial charge in [0.2, 0.25) is 10.0 Å². The minimum absolute atomic E-state index is 0.161. The van der Waals surface area contributed by atoms with E-state index < -0.39 is 21.7 Å². The van der Waals surface area contributed by atoms with E-state index in [0.29, 0.717) is 40.2 Å². The lowest BCUT2D eigenvalue weighted by molar-refractivity contribution is 0.0365. The van der Waals surface area contributed by atoms with Crippen LogP contribution >= 0.6 is 0 Å². The van der Waals surface area contributed by atoms with E-state index in [-0.39, 0.29) is 12.2 Å². The number of anilines is 5. The number of rotatable bonds is 10. The summed E-state index contributed by atoms with van der Waals surface area (Å²) in [6, 6.07) is 8.60. The molecule has 2 aromatic heterocycles. The zero-order valence-corrected chi connectivity index (χ0v) is 20.9. The van der Waals surface area contributed by atoms with Crippen LogP contribution in [0.5, 0.6) is 0 Å². The molecule has 1 aromatic carbocycles. The van der Waals surface area contributed by atoms with Crippen molar-refractivity contribution in [2.75, 3.05) is 28.2 Å². The van der Waals surface area contributed by atoms with Gasteiger partial charge in [-0.15, -0.1) is 0 Å². The molecule has 3 aromatic rings. The van der Waals surface area contributed by atoms with Crippen molar-refractivity contribution in [2.45, 2.75) is 32.6 Å². The van der Waals surface area contributed by atoms with E-state index in [1.807, 2.05) is 6.07 Å². The molecule has 0 bridgehead atoms. The van der Waals surface area contributed by atoms with Gasteiger partial charge in [-0.05, 0) is 61.9 Å². The summed E-state index contributed by atoms with van der Waals surface area (Å²) in [7, 11) is -3.56. The number of carbonyl (C=O) groups is 1. The van der Waals surface area contributed by atoms with Gasteiger partial charge < -0.3 is 10.6 Å². The zero-order valence-electron chi connectivity index (χ0n) is 20.1. The molecule has 1 saturated carbocycles. The van der Waals surface area contributed by atoms with Crippen molar-refractivity contribution in [1.82, 2.24) is 15.4 Å². The molecule has 190 valence electrons. The van der Waals surface area contributed by atoms with Gasteiger partial charge in [0, 0.05) is 12.3 Å². The number of aromatic nitrogens is 2. The number of hydroxylamine groups is 1. The predicted octanol–water partition coefficient (Wildman–Crippen LogP) is 4.34. The van der Waals surface area contributed by atoms with Crippen molar-refractivity contribution in [2.24, 2.45) is 0 Å². The number of nitrogens with zero attached hydrogens (tertiary/aromatic N) is 2. The normalized spacial score (nSPS) is 13.2. The molecule has 1 amide bonds. The lowest BCUT2D eigenvalue weighted by atomic mass is 10.1. The highest BCUT2D eigenvalue weighted by Gasteiger charge is 2.25. The summed E-state index contributed by atoms with van der Waals surface area (Å²) < 4.78 is 40.2. The second-order valence-corrected chi connectivity index (χ2v) is 10.3. The molecule has 12 heteroatoms. The van der Waals surface area contributed by atoms with Crippen LogP contribution in [0.15, 0.2) is 42.7 Å². The molecule has 0 spiro atoms. The third kappa shape index (κ3) is 6.46. The number of benzene rings is 1. The minimum atomic E-state index is -3.56. The van der Waals surface area contributed by atoms with E-state index in [1.165, 1.54) is 12.3 Å². The number of nitrogens with one attached hydrogen (secondary N) is 4. The number of hydrogen-bond acceptors (Lipinski definition) is 8. The van der Waals surface area contributed by atoms with Crippen LogP contribution in [0.3, 0.4) is 0 Å². The topological polar surface area (TPSA) is 134 Å². The van der Waals surface area contributed by atoms with Crippen LogP contribution in [0.2, 0.25) is 0 Å². The van der Waals surface area contributed by atoms with Crippen LogP contribution in [0.4, 0.5) is 33.1 Å². The van der Waals surface area contributed by atoms with Crippen molar-refractivity contribution in [3.05, 3.63) is 65.2 Å². The van der Waals surface area contributed by atoms with Crippen LogP contribution in [0, 0.1) is 12.7 Å². The van der Waals surface area contributed by atoms with Gasteiger partial charge in [0.15, 0.2) is 0 Å². The lowest BCUT2D eigenvalue weighted by Gasteiger charge is -2.17. The Hall–Kier alpha value is -3.77. The number of halogens is 1. The van der Waals surface area contributed by atoms with Crippen molar-refractivity contribution in [3.63, 3.8) is 0 Å². The Morgan fingerprint density at radius 1 is 1.06 bits per heavy atom. The molecule has 10 nitrogen and oxygen atoms in total. The molecular weight excluding hydrogens is 487 g/mol. The minimum Gasteiger partial charge on any atom is -0.353 e. The molecule has 1 aliphatic carbocycles. The van der Waals surface area contributed by atoms with Gasteiger partial charge in [-0.1, -0.05) is 6.07 Å². The third-order valence-electron chi connectivity index (χ3n) is 5.42. The van der Waals surface area contributed by atoms with Crippen LogP contribution in [0.1, 0.15) is 47.2 Å². The van der Waals surface area contributed by atoms with E-state index in [1.54, 1.807) is 32.0 Å². The number of sulfonamides is 1. The lowest BCUT2D eigenvalue weighted by Crippen LogP contribution is -2.24. The van der Waals surface area contributed by atoms with Crippen molar-refractivity contribution in [1.29, 1.82) is 0 Å². The van der Waals surface area contributed by atoms with Crippen LogP contribution in [-0.4, -0.2) is 37.2 Å². The number of aryl methyl sites for hydroxylation is 1. The highest BCUT2D eigenvalue weighted by Crippen LogP contribution is 2.42. The smallest absolute Gasteiger partial charge is 0.278 e. The van der Waals surface area contributed by atoms with Crippen LogP contribution in [-0.2, 0) is 14.9 Å².